The Bertz CT molecular complexity index is 490. The molecule has 2 rings (SSSR count). The quantitative estimate of drug-likeness (QED) is 0.403. The first kappa shape index (κ1) is 14.9. The maximum atomic E-state index is 11.7. The minimum Gasteiger partial charge on any atom is -0.359 e. The predicted octanol–water partition coefficient (Wildman–Crippen LogP) is -0.295. The third-order valence-corrected chi connectivity index (χ3v) is 4.28. The summed E-state index contributed by atoms with van der Waals surface area (Å²) in [4.78, 5) is 29.5. The summed E-state index contributed by atoms with van der Waals surface area (Å²) in [6.45, 7) is 2.33. The van der Waals surface area contributed by atoms with Gasteiger partial charge in [0, 0.05) is 25.5 Å². The molecule has 0 aliphatic carbocycles. The second kappa shape index (κ2) is 6.78. The van der Waals surface area contributed by atoms with Gasteiger partial charge in [-0.2, -0.15) is 0 Å². The molecule has 20 heavy (non-hydrogen) atoms. The third-order valence-electron chi connectivity index (χ3n) is 3.39. The van der Waals surface area contributed by atoms with Gasteiger partial charge >= 0.3 is 0 Å². The molecule has 0 radical (unpaired) electrons. The van der Waals surface area contributed by atoms with E-state index in [0.29, 0.717) is 11.6 Å². The largest absolute Gasteiger partial charge is 0.359 e. The van der Waals surface area contributed by atoms with E-state index < -0.39 is 0 Å². The molecule has 0 saturated carbocycles. The maximum Gasteiger partial charge on any atom is 0.294 e. The molecule has 0 aromatic carbocycles. The lowest BCUT2D eigenvalue weighted by molar-refractivity contribution is -0.126. The van der Waals surface area contributed by atoms with Crippen LogP contribution in [0.25, 0.3) is 0 Å². The van der Waals surface area contributed by atoms with Crippen molar-refractivity contribution in [1.82, 2.24) is 20.6 Å². The van der Waals surface area contributed by atoms with Crippen LogP contribution in [0.15, 0.2) is 5.38 Å². The van der Waals surface area contributed by atoms with E-state index in [9.17, 15) is 9.59 Å². The number of carbonyl (C=O) groups excluding carboxylic acids is 2. The van der Waals surface area contributed by atoms with Gasteiger partial charge in [0.15, 0.2) is 5.01 Å². The molecule has 1 atom stereocenters. The summed E-state index contributed by atoms with van der Waals surface area (Å²) in [5.41, 5.74) is 2.91. The summed E-state index contributed by atoms with van der Waals surface area (Å²) in [6, 6.07) is 0. The molecule has 1 fully saturated rings. The fraction of sp³-hybridized carbons (Fsp3) is 0.583. The second-order valence-corrected chi connectivity index (χ2v) is 5.66. The van der Waals surface area contributed by atoms with Crippen molar-refractivity contribution in [3.8, 4) is 0 Å². The van der Waals surface area contributed by atoms with Crippen LogP contribution >= 0.6 is 11.3 Å². The lowest BCUT2D eigenvalue weighted by Gasteiger charge is -2.31. The molecule has 1 unspecified atom stereocenters. The van der Waals surface area contributed by atoms with Gasteiger partial charge < -0.3 is 5.32 Å². The zero-order chi connectivity index (χ0) is 14.5. The van der Waals surface area contributed by atoms with E-state index in [-0.39, 0.29) is 17.7 Å². The summed E-state index contributed by atoms with van der Waals surface area (Å²) >= 11 is 1.27. The lowest BCUT2D eigenvalue weighted by atomic mass is 9.97. The van der Waals surface area contributed by atoms with Gasteiger partial charge in [0.2, 0.25) is 5.91 Å². The molecule has 2 amide bonds. The van der Waals surface area contributed by atoms with E-state index in [4.69, 9.17) is 5.84 Å². The summed E-state index contributed by atoms with van der Waals surface area (Å²) in [5.74, 6) is 4.84. The molecular weight excluding hydrogens is 278 g/mol. The Hall–Kier alpha value is -1.51. The molecular formula is C12H19N5O2S. The summed E-state index contributed by atoms with van der Waals surface area (Å²) in [5, 5.41) is 4.92. The highest BCUT2D eigenvalue weighted by Crippen LogP contribution is 2.19. The van der Waals surface area contributed by atoms with Crippen molar-refractivity contribution in [2.45, 2.75) is 19.4 Å². The van der Waals surface area contributed by atoms with Crippen molar-refractivity contribution >= 4 is 23.2 Å². The molecule has 1 aromatic rings. The van der Waals surface area contributed by atoms with Crippen molar-refractivity contribution in [2.24, 2.45) is 11.8 Å². The van der Waals surface area contributed by atoms with Crippen LogP contribution < -0.4 is 16.6 Å². The van der Waals surface area contributed by atoms with Crippen molar-refractivity contribution in [3.05, 3.63) is 16.1 Å². The summed E-state index contributed by atoms with van der Waals surface area (Å²) in [7, 11) is 1.67. The third kappa shape index (κ3) is 3.53. The van der Waals surface area contributed by atoms with Crippen LogP contribution in [0.2, 0.25) is 0 Å². The average Bonchev–Trinajstić information content (AvgIpc) is 2.94. The topological polar surface area (TPSA) is 100 Å². The van der Waals surface area contributed by atoms with Crippen LogP contribution in [0.4, 0.5) is 0 Å². The van der Waals surface area contributed by atoms with Crippen LogP contribution in [-0.2, 0) is 11.3 Å². The van der Waals surface area contributed by atoms with Gasteiger partial charge in [-0.1, -0.05) is 0 Å². The van der Waals surface area contributed by atoms with E-state index in [0.717, 1.165) is 31.6 Å². The van der Waals surface area contributed by atoms with E-state index >= 15 is 0 Å². The summed E-state index contributed by atoms with van der Waals surface area (Å²) < 4.78 is 0. The first-order valence-corrected chi connectivity index (χ1v) is 7.41. The standard InChI is InChI=1S/C12H19N5O2S/c1-14-10(18)8-3-2-4-17(5-8)6-9-7-20-12(15-9)11(19)16-13/h7-8H,2-6,13H2,1H3,(H,14,18)(H,16,19). The van der Waals surface area contributed by atoms with E-state index in [1.165, 1.54) is 11.3 Å². The second-order valence-electron chi connectivity index (χ2n) is 4.81. The number of nitrogens with zero attached hydrogens (tertiary/aromatic N) is 2. The maximum absolute atomic E-state index is 11.7. The van der Waals surface area contributed by atoms with Gasteiger partial charge in [-0.3, -0.25) is 19.9 Å². The number of aromatic nitrogens is 1. The van der Waals surface area contributed by atoms with E-state index in [2.05, 4.69) is 20.6 Å². The van der Waals surface area contributed by atoms with Crippen LogP contribution in [0.5, 0.6) is 0 Å². The van der Waals surface area contributed by atoms with Crippen LogP contribution in [0, 0.1) is 5.92 Å². The smallest absolute Gasteiger partial charge is 0.294 e. The van der Waals surface area contributed by atoms with Crippen molar-refractivity contribution in [2.75, 3.05) is 20.1 Å². The molecule has 4 N–H and O–H groups in total. The highest BCUT2D eigenvalue weighted by atomic mass is 32.1. The number of thiazole rings is 1. The molecule has 0 bridgehead atoms. The lowest BCUT2D eigenvalue weighted by Crippen LogP contribution is -2.41. The number of hydrogen-bond acceptors (Lipinski definition) is 6. The molecule has 2 heterocycles. The molecule has 0 spiro atoms. The van der Waals surface area contributed by atoms with Crippen LogP contribution in [-0.4, -0.2) is 41.8 Å². The zero-order valence-electron chi connectivity index (χ0n) is 11.4. The number of hydrazine groups is 1. The van der Waals surface area contributed by atoms with Gasteiger partial charge in [0.1, 0.15) is 0 Å². The number of rotatable bonds is 4. The Balaban J connectivity index is 1.94. The highest BCUT2D eigenvalue weighted by Gasteiger charge is 2.25. The number of nitrogens with two attached hydrogens (primary N) is 1. The van der Waals surface area contributed by atoms with Gasteiger partial charge in [-0.25, -0.2) is 10.8 Å². The Morgan fingerprint density at radius 1 is 1.60 bits per heavy atom. The molecule has 1 aliphatic heterocycles. The average molecular weight is 297 g/mol. The zero-order valence-corrected chi connectivity index (χ0v) is 12.2. The first-order valence-electron chi connectivity index (χ1n) is 6.53. The predicted molar refractivity (Wildman–Crippen MR) is 75.8 cm³/mol. The Morgan fingerprint density at radius 3 is 3.10 bits per heavy atom. The van der Waals surface area contributed by atoms with Crippen molar-refractivity contribution < 1.29 is 9.59 Å². The van der Waals surface area contributed by atoms with Crippen molar-refractivity contribution in [1.29, 1.82) is 0 Å². The number of likely N-dealkylation sites (tertiary alicyclic amines) is 1. The fourth-order valence-electron chi connectivity index (χ4n) is 2.39. The Morgan fingerprint density at radius 2 is 2.40 bits per heavy atom. The Kier molecular flexibility index (Phi) is 5.05. The number of carbonyl (C=O) groups is 2. The molecule has 8 heteroatoms. The van der Waals surface area contributed by atoms with Crippen molar-refractivity contribution in [3.63, 3.8) is 0 Å². The fourth-order valence-corrected chi connectivity index (χ4v) is 3.10. The van der Waals surface area contributed by atoms with Crippen LogP contribution in [0.3, 0.4) is 0 Å². The van der Waals surface area contributed by atoms with E-state index in [1.807, 2.05) is 5.38 Å². The normalized spacial score (nSPS) is 19.6. The van der Waals surface area contributed by atoms with Gasteiger partial charge in [-0.15, -0.1) is 11.3 Å². The van der Waals surface area contributed by atoms with Crippen LogP contribution in [0.1, 0.15) is 28.3 Å². The minimum absolute atomic E-state index is 0.0409. The number of amides is 2. The molecule has 1 aromatic heterocycles. The molecule has 110 valence electrons. The minimum atomic E-state index is -0.372. The number of nitrogens with one attached hydrogen (secondary N) is 2. The SMILES string of the molecule is CNC(=O)C1CCCN(Cc2csc(C(=O)NN)n2)C1. The summed E-state index contributed by atoms with van der Waals surface area (Å²) in [6.07, 6.45) is 1.92. The number of hydrogen-bond donors (Lipinski definition) is 3. The number of nitrogen functional groups attached to an aromatic ring is 1. The highest BCUT2D eigenvalue weighted by molar-refractivity contribution is 7.11. The Labute approximate surface area is 121 Å². The van der Waals surface area contributed by atoms with E-state index in [1.54, 1.807) is 7.05 Å². The number of piperidine rings is 1. The van der Waals surface area contributed by atoms with Gasteiger partial charge in [-0.05, 0) is 19.4 Å². The first-order chi connectivity index (χ1) is 9.63. The molecule has 1 aliphatic rings. The van der Waals surface area contributed by atoms with Gasteiger partial charge in [0.25, 0.3) is 5.91 Å². The molecule has 1 saturated heterocycles. The van der Waals surface area contributed by atoms with Gasteiger partial charge in [0.05, 0.1) is 11.6 Å². The molecule has 7 nitrogen and oxygen atoms in total. The monoisotopic (exact) mass is 297 g/mol.